The van der Waals surface area contributed by atoms with Gasteiger partial charge in [-0.1, -0.05) is 38.1 Å². The molecule has 0 fully saturated rings. The second kappa shape index (κ2) is 5.83. The van der Waals surface area contributed by atoms with E-state index in [9.17, 15) is 0 Å². The van der Waals surface area contributed by atoms with E-state index in [2.05, 4.69) is 59.2 Å². The average Bonchev–Trinajstić information content (AvgIpc) is 2.78. The molecule has 96 valence electrons. The van der Waals surface area contributed by atoms with E-state index in [0.29, 0.717) is 5.92 Å². The first kappa shape index (κ1) is 12.8. The van der Waals surface area contributed by atoms with Crippen LogP contribution in [0, 0.1) is 0 Å². The van der Waals surface area contributed by atoms with Gasteiger partial charge in [0.05, 0.1) is 12.0 Å². The van der Waals surface area contributed by atoms with Crippen molar-refractivity contribution in [2.45, 2.75) is 32.9 Å². The Morgan fingerprint density at radius 1 is 1.22 bits per heavy atom. The van der Waals surface area contributed by atoms with E-state index in [1.807, 2.05) is 13.4 Å². The van der Waals surface area contributed by atoms with E-state index in [4.69, 9.17) is 0 Å². The van der Waals surface area contributed by atoms with Crippen molar-refractivity contribution >= 4 is 0 Å². The van der Waals surface area contributed by atoms with Crippen LogP contribution in [-0.2, 0) is 13.1 Å². The maximum Gasteiger partial charge on any atom is 0.0953 e. The maximum atomic E-state index is 4.35. The predicted octanol–water partition coefficient (Wildman–Crippen LogP) is 2.77. The van der Waals surface area contributed by atoms with E-state index < -0.39 is 0 Å². The lowest BCUT2D eigenvalue weighted by atomic mass is 10.0. The largest absolute Gasteiger partial charge is 0.333 e. The Kier molecular flexibility index (Phi) is 4.15. The number of hydrogen-bond acceptors (Lipinski definition) is 2. The molecule has 1 N–H and O–H groups in total. The van der Waals surface area contributed by atoms with Crippen molar-refractivity contribution in [1.82, 2.24) is 14.9 Å². The van der Waals surface area contributed by atoms with Gasteiger partial charge in [0, 0.05) is 19.3 Å². The second-order valence-electron chi connectivity index (χ2n) is 4.96. The van der Waals surface area contributed by atoms with Crippen LogP contribution in [0.5, 0.6) is 0 Å². The normalized spacial score (nSPS) is 11.1. The first-order chi connectivity index (χ1) is 8.69. The van der Waals surface area contributed by atoms with Gasteiger partial charge in [0.15, 0.2) is 0 Å². The molecule has 1 aromatic carbocycles. The number of benzene rings is 1. The van der Waals surface area contributed by atoms with Gasteiger partial charge < -0.3 is 9.88 Å². The minimum absolute atomic E-state index is 0.592. The van der Waals surface area contributed by atoms with Crippen molar-refractivity contribution in [3.63, 3.8) is 0 Å². The summed E-state index contributed by atoms with van der Waals surface area (Å²) in [6, 6.07) is 8.83. The van der Waals surface area contributed by atoms with Crippen LogP contribution in [0.1, 0.15) is 36.6 Å². The smallest absolute Gasteiger partial charge is 0.0953 e. The highest BCUT2D eigenvalue weighted by atomic mass is 15.0. The van der Waals surface area contributed by atoms with E-state index in [-0.39, 0.29) is 0 Å². The lowest BCUT2D eigenvalue weighted by Gasteiger charge is -2.07. The molecule has 3 nitrogen and oxygen atoms in total. The third-order valence-electron chi connectivity index (χ3n) is 3.06. The molecule has 0 saturated heterocycles. The van der Waals surface area contributed by atoms with Crippen molar-refractivity contribution < 1.29 is 0 Å². The van der Waals surface area contributed by atoms with Gasteiger partial charge in [0.1, 0.15) is 0 Å². The van der Waals surface area contributed by atoms with E-state index in [1.54, 1.807) is 0 Å². The number of hydrogen-bond donors (Lipinski definition) is 1. The molecule has 0 unspecified atom stereocenters. The van der Waals surface area contributed by atoms with Crippen molar-refractivity contribution in [2.24, 2.45) is 0 Å². The molecule has 0 amide bonds. The van der Waals surface area contributed by atoms with E-state index >= 15 is 0 Å². The zero-order valence-electron chi connectivity index (χ0n) is 11.4. The predicted molar refractivity (Wildman–Crippen MR) is 74.6 cm³/mol. The van der Waals surface area contributed by atoms with E-state index in [1.165, 1.54) is 11.1 Å². The molecule has 0 radical (unpaired) electrons. The van der Waals surface area contributed by atoms with Gasteiger partial charge in [-0.15, -0.1) is 0 Å². The number of rotatable bonds is 5. The van der Waals surface area contributed by atoms with Crippen LogP contribution in [0.3, 0.4) is 0 Å². The fourth-order valence-electron chi connectivity index (χ4n) is 1.98. The quantitative estimate of drug-likeness (QED) is 0.875. The number of nitrogens with zero attached hydrogens (tertiary/aromatic N) is 2. The molecule has 0 aliphatic rings. The molecule has 0 saturated carbocycles. The molecule has 1 aromatic heterocycles. The van der Waals surface area contributed by atoms with Gasteiger partial charge in [-0.05, 0) is 24.1 Å². The monoisotopic (exact) mass is 243 g/mol. The standard InChI is InChI=1S/C15H21N3/c1-12(2)14-6-4-13(5-7-14)9-18-10-15(8-16-3)17-11-18/h4-7,10-12,16H,8-9H2,1-3H3. The lowest BCUT2D eigenvalue weighted by Crippen LogP contribution is -2.05. The van der Waals surface area contributed by atoms with Gasteiger partial charge in [-0.25, -0.2) is 4.98 Å². The van der Waals surface area contributed by atoms with Gasteiger partial charge in [0.25, 0.3) is 0 Å². The Labute approximate surface area is 109 Å². The average molecular weight is 243 g/mol. The Morgan fingerprint density at radius 3 is 2.56 bits per heavy atom. The number of aromatic nitrogens is 2. The fraction of sp³-hybridized carbons (Fsp3) is 0.400. The molecular weight excluding hydrogens is 222 g/mol. The molecule has 0 aliphatic carbocycles. The molecule has 2 aromatic rings. The highest BCUT2D eigenvalue weighted by Gasteiger charge is 2.01. The van der Waals surface area contributed by atoms with Crippen LogP contribution in [0.15, 0.2) is 36.8 Å². The summed E-state index contributed by atoms with van der Waals surface area (Å²) in [5.41, 5.74) is 3.78. The zero-order valence-corrected chi connectivity index (χ0v) is 11.4. The van der Waals surface area contributed by atoms with Gasteiger partial charge >= 0.3 is 0 Å². The summed E-state index contributed by atoms with van der Waals surface area (Å²) >= 11 is 0. The van der Waals surface area contributed by atoms with Crippen molar-refractivity contribution in [1.29, 1.82) is 0 Å². The van der Waals surface area contributed by atoms with Crippen molar-refractivity contribution in [3.8, 4) is 0 Å². The molecule has 0 spiro atoms. The van der Waals surface area contributed by atoms with Crippen LogP contribution in [0.2, 0.25) is 0 Å². The zero-order chi connectivity index (χ0) is 13.0. The Bertz CT molecular complexity index is 483. The van der Waals surface area contributed by atoms with Gasteiger partial charge in [-0.2, -0.15) is 0 Å². The molecule has 0 atom stereocenters. The summed E-state index contributed by atoms with van der Waals surface area (Å²) in [7, 11) is 1.93. The summed E-state index contributed by atoms with van der Waals surface area (Å²) in [6.07, 6.45) is 3.98. The minimum Gasteiger partial charge on any atom is -0.333 e. The van der Waals surface area contributed by atoms with Gasteiger partial charge in [-0.3, -0.25) is 0 Å². The lowest BCUT2D eigenvalue weighted by molar-refractivity contribution is 0.780. The summed E-state index contributed by atoms with van der Waals surface area (Å²) in [6.45, 7) is 6.14. The molecule has 1 heterocycles. The van der Waals surface area contributed by atoms with Crippen LogP contribution in [-0.4, -0.2) is 16.6 Å². The summed E-state index contributed by atoms with van der Waals surface area (Å²) < 4.78 is 2.12. The number of nitrogens with one attached hydrogen (secondary N) is 1. The Balaban J connectivity index is 2.03. The van der Waals surface area contributed by atoms with Crippen molar-refractivity contribution in [3.05, 3.63) is 53.6 Å². The molecule has 18 heavy (non-hydrogen) atoms. The first-order valence-electron chi connectivity index (χ1n) is 6.43. The summed E-state index contributed by atoms with van der Waals surface area (Å²) in [5, 5.41) is 3.11. The third-order valence-corrected chi connectivity index (χ3v) is 3.06. The summed E-state index contributed by atoms with van der Waals surface area (Å²) in [4.78, 5) is 4.35. The van der Waals surface area contributed by atoms with Gasteiger partial charge in [0.2, 0.25) is 0 Å². The Hall–Kier alpha value is -1.61. The summed E-state index contributed by atoms with van der Waals surface area (Å²) in [5.74, 6) is 0.592. The molecule has 3 heteroatoms. The Morgan fingerprint density at radius 2 is 1.94 bits per heavy atom. The van der Waals surface area contributed by atoms with Crippen LogP contribution in [0.4, 0.5) is 0 Å². The molecular formula is C15H21N3. The molecule has 0 bridgehead atoms. The van der Waals surface area contributed by atoms with Crippen molar-refractivity contribution in [2.75, 3.05) is 7.05 Å². The van der Waals surface area contributed by atoms with Crippen LogP contribution in [0.25, 0.3) is 0 Å². The highest BCUT2D eigenvalue weighted by Crippen LogP contribution is 2.15. The number of imidazole rings is 1. The van der Waals surface area contributed by atoms with E-state index in [0.717, 1.165) is 18.8 Å². The highest BCUT2D eigenvalue weighted by molar-refractivity contribution is 5.25. The third kappa shape index (κ3) is 3.20. The molecule has 0 aliphatic heterocycles. The second-order valence-corrected chi connectivity index (χ2v) is 4.96. The van der Waals surface area contributed by atoms with Crippen LogP contribution < -0.4 is 5.32 Å². The SMILES string of the molecule is CNCc1cn(Cc2ccc(C(C)C)cc2)cn1. The molecule has 2 rings (SSSR count). The minimum atomic E-state index is 0.592. The topological polar surface area (TPSA) is 29.9 Å². The first-order valence-corrected chi connectivity index (χ1v) is 6.43. The van der Waals surface area contributed by atoms with Crippen LogP contribution >= 0.6 is 0 Å². The fourth-order valence-corrected chi connectivity index (χ4v) is 1.98. The maximum absolute atomic E-state index is 4.35.